The lowest BCUT2D eigenvalue weighted by Gasteiger charge is -2.38. The Morgan fingerprint density at radius 1 is 1.17 bits per heavy atom. The first-order valence-corrected chi connectivity index (χ1v) is 7.85. The van der Waals surface area contributed by atoms with Crippen LogP contribution in [0.4, 0.5) is 10.5 Å². The molecule has 4 heteroatoms. The van der Waals surface area contributed by atoms with Crippen LogP contribution in [0.25, 0.3) is 0 Å². The highest BCUT2D eigenvalue weighted by Crippen LogP contribution is 2.39. The lowest BCUT2D eigenvalue weighted by molar-refractivity contribution is 0.0682. The Morgan fingerprint density at radius 2 is 1.91 bits per heavy atom. The minimum Gasteiger partial charge on any atom is -0.487 e. The molecule has 2 aromatic carbocycles. The molecule has 120 valence electrons. The van der Waals surface area contributed by atoms with E-state index in [2.05, 4.69) is 16.7 Å². The van der Waals surface area contributed by atoms with Crippen LogP contribution in [0, 0.1) is 6.92 Å². The molecule has 2 aromatic rings. The Morgan fingerprint density at radius 3 is 2.65 bits per heavy atom. The molecule has 4 nitrogen and oxygen atoms in total. The third-order valence-corrected chi connectivity index (χ3v) is 3.96. The number of carbonyl (C=O) groups excluding carboxylic acids is 1. The lowest BCUT2D eigenvalue weighted by atomic mass is 9.89. The van der Waals surface area contributed by atoms with Crippen molar-refractivity contribution in [2.45, 2.75) is 38.8 Å². The predicted octanol–water partition coefficient (Wildman–Crippen LogP) is 4.42. The van der Waals surface area contributed by atoms with Crippen molar-refractivity contribution in [2.24, 2.45) is 0 Å². The van der Waals surface area contributed by atoms with E-state index in [0.29, 0.717) is 0 Å². The number of aryl methyl sites for hydroxylation is 1. The molecule has 1 aliphatic rings. The molecule has 0 fully saturated rings. The van der Waals surface area contributed by atoms with Crippen LogP contribution in [0.1, 0.15) is 37.4 Å². The van der Waals surface area contributed by atoms with E-state index in [1.807, 2.05) is 63.2 Å². The molecule has 23 heavy (non-hydrogen) atoms. The van der Waals surface area contributed by atoms with Crippen molar-refractivity contribution in [1.29, 1.82) is 0 Å². The number of amides is 2. The van der Waals surface area contributed by atoms with Gasteiger partial charge < -0.3 is 15.4 Å². The predicted molar refractivity (Wildman–Crippen MR) is 91.8 cm³/mol. The van der Waals surface area contributed by atoms with E-state index in [0.717, 1.165) is 29.0 Å². The number of para-hydroxylation sites is 1. The summed E-state index contributed by atoms with van der Waals surface area (Å²) in [6.45, 7) is 6.13. The molecule has 0 radical (unpaired) electrons. The molecule has 1 atom stereocenters. The van der Waals surface area contributed by atoms with Crippen molar-refractivity contribution in [2.75, 3.05) is 5.32 Å². The average molecular weight is 310 g/mol. The van der Waals surface area contributed by atoms with Gasteiger partial charge in [-0.25, -0.2) is 4.79 Å². The number of benzene rings is 2. The number of hydrogen-bond donors (Lipinski definition) is 2. The summed E-state index contributed by atoms with van der Waals surface area (Å²) in [6, 6.07) is 15.3. The number of anilines is 1. The maximum atomic E-state index is 12.3. The topological polar surface area (TPSA) is 50.4 Å². The molecule has 3 rings (SSSR count). The summed E-state index contributed by atoms with van der Waals surface area (Å²) in [5, 5.41) is 5.95. The van der Waals surface area contributed by atoms with Gasteiger partial charge in [-0.15, -0.1) is 0 Å². The van der Waals surface area contributed by atoms with Crippen molar-refractivity contribution >= 4 is 11.7 Å². The number of hydrogen-bond acceptors (Lipinski definition) is 2. The van der Waals surface area contributed by atoms with Gasteiger partial charge in [-0.3, -0.25) is 0 Å². The Labute approximate surface area is 136 Å². The summed E-state index contributed by atoms with van der Waals surface area (Å²) in [4.78, 5) is 12.3. The van der Waals surface area contributed by atoms with E-state index in [4.69, 9.17) is 4.74 Å². The van der Waals surface area contributed by atoms with E-state index >= 15 is 0 Å². The second-order valence-electron chi connectivity index (χ2n) is 6.62. The van der Waals surface area contributed by atoms with Gasteiger partial charge >= 0.3 is 6.03 Å². The van der Waals surface area contributed by atoms with E-state index in [-0.39, 0.29) is 17.7 Å². The third kappa shape index (κ3) is 3.65. The lowest BCUT2D eigenvalue weighted by Crippen LogP contribution is -2.42. The second kappa shape index (κ2) is 5.95. The van der Waals surface area contributed by atoms with Gasteiger partial charge in [0.25, 0.3) is 0 Å². The second-order valence-corrected chi connectivity index (χ2v) is 6.62. The number of ether oxygens (including phenoxy) is 1. The molecule has 0 aromatic heterocycles. The molecule has 0 saturated heterocycles. The highest BCUT2D eigenvalue weighted by atomic mass is 16.5. The highest BCUT2D eigenvalue weighted by molar-refractivity contribution is 5.89. The van der Waals surface area contributed by atoms with Crippen LogP contribution in [-0.2, 0) is 0 Å². The first kappa shape index (κ1) is 15.4. The molecule has 1 heterocycles. The third-order valence-electron chi connectivity index (χ3n) is 3.96. The van der Waals surface area contributed by atoms with Crippen LogP contribution in [0.2, 0.25) is 0 Å². The normalized spacial score (nSPS) is 18.5. The van der Waals surface area contributed by atoms with Crippen molar-refractivity contribution < 1.29 is 9.53 Å². The van der Waals surface area contributed by atoms with Gasteiger partial charge in [0, 0.05) is 17.7 Å². The molecule has 0 bridgehead atoms. The Kier molecular flexibility index (Phi) is 3.99. The molecule has 0 spiro atoms. The smallest absolute Gasteiger partial charge is 0.319 e. The standard InChI is InChI=1S/C19H22N2O2/c1-13-9-10-17-15(11-13)16(12-19(2,3)23-17)21-18(22)20-14-7-5-4-6-8-14/h4-11,16H,12H2,1-3H3,(H2,20,21,22)/t16-/m1/s1. The molecule has 1 aliphatic heterocycles. The number of urea groups is 1. The fraction of sp³-hybridized carbons (Fsp3) is 0.316. The average Bonchev–Trinajstić information content (AvgIpc) is 2.48. The molecule has 2 N–H and O–H groups in total. The van der Waals surface area contributed by atoms with Gasteiger partial charge in [-0.05, 0) is 39.0 Å². The summed E-state index contributed by atoms with van der Waals surface area (Å²) in [5.74, 6) is 0.844. The molecule has 0 unspecified atom stereocenters. The molecule has 0 aliphatic carbocycles. The monoisotopic (exact) mass is 310 g/mol. The zero-order chi connectivity index (χ0) is 16.4. The maximum Gasteiger partial charge on any atom is 0.319 e. The van der Waals surface area contributed by atoms with Crippen LogP contribution in [0.15, 0.2) is 48.5 Å². The molecule has 0 saturated carbocycles. The minimum absolute atomic E-state index is 0.0719. The Balaban J connectivity index is 1.79. The van der Waals surface area contributed by atoms with Crippen molar-refractivity contribution in [3.05, 3.63) is 59.7 Å². The van der Waals surface area contributed by atoms with Crippen LogP contribution < -0.4 is 15.4 Å². The fourth-order valence-electron chi connectivity index (χ4n) is 2.95. The fourth-order valence-corrected chi connectivity index (χ4v) is 2.95. The van der Waals surface area contributed by atoms with Gasteiger partial charge in [0.05, 0.1) is 6.04 Å². The van der Waals surface area contributed by atoms with Crippen molar-refractivity contribution in [3.63, 3.8) is 0 Å². The van der Waals surface area contributed by atoms with Gasteiger partial charge in [0.15, 0.2) is 0 Å². The number of nitrogens with one attached hydrogen (secondary N) is 2. The molecular formula is C19H22N2O2. The Bertz CT molecular complexity index is 711. The number of rotatable bonds is 2. The summed E-state index contributed by atoms with van der Waals surface area (Å²) >= 11 is 0. The van der Waals surface area contributed by atoms with Gasteiger partial charge in [0.1, 0.15) is 11.4 Å². The van der Waals surface area contributed by atoms with Crippen LogP contribution in [-0.4, -0.2) is 11.6 Å². The van der Waals surface area contributed by atoms with Crippen LogP contribution in [0.5, 0.6) is 5.75 Å². The number of fused-ring (bicyclic) bond motifs is 1. The van der Waals surface area contributed by atoms with E-state index < -0.39 is 0 Å². The van der Waals surface area contributed by atoms with Gasteiger partial charge in [0.2, 0.25) is 0 Å². The quantitative estimate of drug-likeness (QED) is 0.862. The zero-order valence-corrected chi connectivity index (χ0v) is 13.7. The molecule has 2 amide bonds. The zero-order valence-electron chi connectivity index (χ0n) is 13.7. The van der Waals surface area contributed by atoms with Crippen molar-refractivity contribution in [3.8, 4) is 5.75 Å². The van der Waals surface area contributed by atoms with Crippen LogP contribution >= 0.6 is 0 Å². The summed E-state index contributed by atoms with van der Waals surface area (Å²) in [5.41, 5.74) is 2.66. The highest BCUT2D eigenvalue weighted by Gasteiger charge is 2.34. The summed E-state index contributed by atoms with van der Waals surface area (Å²) in [6.07, 6.45) is 0.728. The summed E-state index contributed by atoms with van der Waals surface area (Å²) < 4.78 is 6.03. The Hall–Kier alpha value is -2.49. The maximum absolute atomic E-state index is 12.3. The SMILES string of the molecule is Cc1ccc2c(c1)[C@H](NC(=O)Nc1ccccc1)CC(C)(C)O2. The molecular weight excluding hydrogens is 288 g/mol. The number of carbonyl (C=O) groups is 1. The van der Waals surface area contributed by atoms with Gasteiger partial charge in [-0.1, -0.05) is 35.9 Å². The van der Waals surface area contributed by atoms with E-state index in [9.17, 15) is 4.79 Å². The summed E-state index contributed by atoms with van der Waals surface area (Å²) in [7, 11) is 0. The largest absolute Gasteiger partial charge is 0.487 e. The minimum atomic E-state index is -0.313. The first-order valence-electron chi connectivity index (χ1n) is 7.85. The van der Waals surface area contributed by atoms with Crippen molar-refractivity contribution in [1.82, 2.24) is 5.32 Å². The first-order chi connectivity index (χ1) is 10.9. The van der Waals surface area contributed by atoms with E-state index in [1.54, 1.807) is 0 Å². The van der Waals surface area contributed by atoms with Gasteiger partial charge in [-0.2, -0.15) is 0 Å². The van der Waals surface area contributed by atoms with Crippen LogP contribution in [0.3, 0.4) is 0 Å². The van der Waals surface area contributed by atoms with E-state index in [1.165, 1.54) is 0 Å².